The zero-order chi connectivity index (χ0) is 13.1. The highest BCUT2D eigenvalue weighted by Crippen LogP contribution is 2.14. The van der Waals surface area contributed by atoms with Gasteiger partial charge >= 0.3 is 0 Å². The van der Waals surface area contributed by atoms with E-state index < -0.39 is 0 Å². The maximum atomic E-state index is 2.33. The van der Waals surface area contributed by atoms with Crippen molar-refractivity contribution in [3.8, 4) is 0 Å². The zero-order valence-corrected chi connectivity index (χ0v) is 11.6. The molecule has 2 rings (SSSR count). The molecule has 0 saturated carbocycles. The van der Waals surface area contributed by atoms with Crippen molar-refractivity contribution in [1.29, 1.82) is 0 Å². The summed E-state index contributed by atoms with van der Waals surface area (Å²) in [6, 6.07) is 17.1. The largest absolute Gasteiger partial charge is 0.414 e. The number of anilines is 1. The van der Waals surface area contributed by atoms with E-state index in [-0.39, 0.29) is 0 Å². The minimum absolute atomic E-state index is 0.383. The van der Waals surface area contributed by atoms with Crippen molar-refractivity contribution in [2.75, 3.05) is 11.9 Å². The van der Waals surface area contributed by atoms with Crippen LogP contribution < -0.4 is 10.3 Å². The monoisotopic (exact) mass is 237 g/mol. The Labute approximate surface area is 111 Å². The van der Waals surface area contributed by atoms with E-state index in [1.807, 2.05) is 0 Å². The summed E-state index contributed by atoms with van der Waals surface area (Å²) in [7, 11) is 2.16. The van der Waals surface area contributed by atoms with Crippen LogP contribution in [-0.2, 0) is 0 Å². The third-order valence-electron chi connectivity index (χ3n) is 3.70. The number of nitrogens with zero attached hydrogens (tertiary/aromatic N) is 1. The highest BCUT2D eigenvalue weighted by molar-refractivity contribution is 6.76. The lowest BCUT2D eigenvalue weighted by Gasteiger charge is -2.27. The molecule has 2 heteroatoms. The Morgan fingerprint density at radius 3 is 1.94 bits per heavy atom. The van der Waals surface area contributed by atoms with Crippen LogP contribution >= 0.6 is 0 Å². The molecule has 0 aromatic heterocycles. The highest BCUT2D eigenvalue weighted by atomic mass is 15.0. The van der Waals surface area contributed by atoms with Crippen molar-refractivity contribution in [1.82, 2.24) is 0 Å². The van der Waals surface area contributed by atoms with Gasteiger partial charge in [-0.3, -0.25) is 0 Å². The summed E-state index contributed by atoms with van der Waals surface area (Å²) in [6.07, 6.45) is 0. The van der Waals surface area contributed by atoms with E-state index in [2.05, 4.69) is 81.1 Å². The summed E-state index contributed by atoms with van der Waals surface area (Å²) in [5.74, 6) is 0. The summed E-state index contributed by atoms with van der Waals surface area (Å²) >= 11 is 0. The fourth-order valence-electron chi connectivity index (χ4n) is 2.57. The molecule has 0 spiro atoms. The minimum atomic E-state index is 0.383. The van der Waals surface area contributed by atoms with E-state index in [1.165, 1.54) is 22.3 Å². The average Bonchev–Trinajstić information content (AvgIpc) is 2.38. The van der Waals surface area contributed by atoms with Crippen LogP contribution in [0.4, 0.5) is 5.69 Å². The molecule has 2 aromatic carbocycles. The molecule has 0 bridgehead atoms. The molecule has 1 nitrogen and oxygen atoms in total. The molecular weight excluding hydrogens is 217 g/mol. The lowest BCUT2D eigenvalue weighted by molar-refractivity contribution is 1.29. The lowest BCUT2D eigenvalue weighted by atomic mass is 9.54. The number of para-hydroxylation sites is 1. The van der Waals surface area contributed by atoms with Gasteiger partial charge in [-0.15, -0.1) is 0 Å². The van der Waals surface area contributed by atoms with Crippen LogP contribution in [0, 0.1) is 13.8 Å². The first-order valence-corrected chi connectivity index (χ1v) is 6.45. The molecule has 0 aliphatic rings. The third-order valence-corrected chi connectivity index (χ3v) is 3.70. The Balaban J connectivity index is 2.34. The summed E-state index contributed by atoms with van der Waals surface area (Å²) in [5.41, 5.74) is 5.42. The molecule has 0 aliphatic carbocycles. The van der Waals surface area contributed by atoms with Crippen LogP contribution in [0.5, 0.6) is 0 Å². The first-order chi connectivity index (χ1) is 8.61. The van der Waals surface area contributed by atoms with Crippen LogP contribution in [0.2, 0.25) is 6.82 Å². The van der Waals surface area contributed by atoms with Crippen LogP contribution in [-0.4, -0.2) is 13.9 Å². The third kappa shape index (κ3) is 2.43. The quantitative estimate of drug-likeness (QED) is 0.740. The average molecular weight is 237 g/mol. The molecule has 0 atom stereocenters. The fraction of sp³-hybridized carbons (Fsp3) is 0.250. The van der Waals surface area contributed by atoms with Gasteiger partial charge in [0.15, 0.2) is 0 Å². The van der Waals surface area contributed by atoms with Gasteiger partial charge in [0.25, 0.3) is 6.85 Å². The molecule has 92 valence electrons. The number of hydrogen-bond acceptors (Lipinski definition) is 1. The van der Waals surface area contributed by atoms with Crippen LogP contribution in [0.25, 0.3) is 0 Å². The molecule has 0 unspecified atom stereocenters. The smallest absolute Gasteiger partial charge is 0.285 e. The van der Waals surface area contributed by atoms with Crippen LogP contribution in [0.1, 0.15) is 11.1 Å². The Morgan fingerprint density at radius 2 is 1.39 bits per heavy atom. The molecule has 0 aliphatic heterocycles. The van der Waals surface area contributed by atoms with E-state index >= 15 is 0 Å². The second kappa shape index (κ2) is 5.30. The Hall–Kier alpha value is -1.70. The van der Waals surface area contributed by atoms with Gasteiger partial charge in [-0.1, -0.05) is 59.8 Å². The summed E-state index contributed by atoms with van der Waals surface area (Å²) in [6.45, 7) is 7.03. The molecule has 0 fully saturated rings. The highest BCUT2D eigenvalue weighted by Gasteiger charge is 2.20. The van der Waals surface area contributed by atoms with Crippen LogP contribution in [0.3, 0.4) is 0 Å². The number of aryl methyl sites for hydroxylation is 2. The number of benzene rings is 2. The predicted molar refractivity (Wildman–Crippen MR) is 82.0 cm³/mol. The molecule has 0 heterocycles. The maximum absolute atomic E-state index is 2.33. The van der Waals surface area contributed by atoms with Gasteiger partial charge in [0, 0.05) is 5.69 Å². The Kier molecular flexibility index (Phi) is 3.76. The van der Waals surface area contributed by atoms with Crippen molar-refractivity contribution >= 4 is 18.0 Å². The van der Waals surface area contributed by atoms with Gasteiger partial charge in [-0.25, -0.2) is 0 Å². The van der Waals surface area contributed by atoms with E-state index in [9.17, 15) is 0 Å². The maximum Gasteiger partial charge on any atom is 0.285 e. The summed E-state index contributed by atoms with van der Waals surface area (Å²) < 4.78 is 0. The normalized spacial score (nSPS) is 10.2. The second-order valence-corrected chi connectivity index (χ2v) is 4.93. The molecule has 18 heavy (non-hydrogen) atoms. The van der Waals surface area contributed by atoms with Crippen molar-refractivity contribution in [2.45, 2.75) is 20.7 Å². The SMILES string of the molecule is CB(c1c(C)cccc1C)N(C)c1ccccc1. The first kappa shape index (κ1) is 12.8. The topological polar surface area (TPSA) is 3.24 Å². The van der Waals surface area contributed by atoms with E-state index in [4.69, 9.17) is 0 Å². The standard InChI is InChI=1S/C16H20BN/c1-13-9-8-10-14(2)16(13)17(3)18(4)15-11-6-5-7-12-15/h5-12H,1-4H3. The van der Waals surface area contributed by atoms with Gasteiger partial charge in [-0.2, -0.15) is 0 Å². The number of hydrogen-bond donors (Lipinski definition) is 0. The predicted octanol–water partition coefficient (Wildman–Crippen LogP) is 3.27. The van der Waals surface area contributed by atoms with Crippen molar-refractivity contribution in [3.05, 3.63) is 59.7 Å². The molecular formula is C16H20BN. The van der Waals surface area contributed by atoms with Gasteiger partial charge in [0.05, 0.1) is 0 Å². The Morgan fingerprint density at radius 1 is 0.833 bits per heavy atom. The van der Waals surface area contributed by atoms with Crippen molar-refractivity contribution in [3.63, 3.8) is 0 Å². The van der Waals surface area contributed by atoms with Crippen molar-refractivity contribution < 1.29 is 0 Å². The molecule has 0 N–H and O–H groups in total. The summed E-state index contributed by atoms with van der Waals surface area (Å²) in [4.78, 5) is 2.33. The fourth-order valence-corrected chi connectivity index (χ4v) is 2.57. The minimum Gasteiger partial charge on any atom is -0.414 e. The first-order valence-electron chi connectivity index (χ1n) is 6.45. The van der Waals surface area contributed by atoms with E-state index in [0.29, 0.717) is 6.85 Å². The van der Waals surface area contributed by atoms with E-state index in [0.717, 1.165) is 0 Å². The molecule has 2 aromatic rings. The van der Waals surface area contributed by atoms with Gasteiger partial charge in [-0.05, 0) is 33.0 Å². The molecule has 0 amide bonds. The van der Waals surface area contributed by atoms with Gasteiger partial charge in [0.1, 0.15) is 0 Å². The van der Waals surface area contributed by atoms with Crippen LogP contribution in [0.15, 0.2) is 48.5 Å². The van der Waals surface area contributed by atoms with E-state index in [1.54, 1.807) is 0 Å². The van der Waals surface area contributed by atoms with Gasteiger partial charge in [0.2, 0.25) is 0 Å². The zero-order valence-electron chi connectivity index (χ0n) is 11.6. The molecule has 0 saturated heterocycles. The van der Waals surface area contributed by atoms with Crippen molar-refractivity contribution in [2.24, 2.45) is 0 Å². The Bertz CT molecular complexity index is 502. The van der Waals surface area contributed by atoms with Gasteiger partial charge < -0.3 is 4.81 Å². The lowest BCUT2D eigenvalue weighted by Crippen LogP contribution is -2.46. The number of rotatable bonds is 3. The summed E-state index contributed by atoms with van der Waals surface area (Å²) in [5, 5.41) is 0. The molecule has 0 radical (unpaired) electrons. The second-order valence-electron chi connectivity index (χ2n) is 4.93.